The minimum atomic E-state index is -1.57. The van der Waals surface area contributed by atoms with Crippen LogP contribution in [0.4, 0.5) is 0 Å². The third-order valence-corrected chi connectivity index (χ3v) is 4.15. The van der Waals surface area contributed by atoms with E-state index in [2.05, 4.69) is 31.4 Å². The number of hydrogen-bond acceptors (Lipinski definition) is 4. The van der Waals surface area contributed by atoms with Crippen molar-refractivity contribution in [2.24, 2.45) is 11.3 Å². The van der Waals surface area contributed by atoms with Crippen molar-refractivity contribution in [2.75, 3.05) is 7.11 Å². The number of fused-ring (bicyclic) bond motifs is 1. The minimum absolute atomic E-state index is 0.339. The molecule has 0 aromatic heterocycles. The standard InChI is InChI=1S/C20H21NO3/c1-4-6-7-8-11-15(5-2)20(14-21)18(22)16-12-9-10-13-17(16)24-19(20)23-3/h5,9-10,12-13,15,19H,2,4,6-7H2,1,3H3/t15?,19-,20?/m0/s1. The molecule has 3 atom stereocenters. The summed E-state index contributed by atoms with van der Waals surface area (Å²) in [5.41, 5.74) is -1.20. The lowest BCUT2D eigenvalue weighted by Gasteiger charge is -2.39. The van der Waals surface area contributed by atoms with Crippen LogP contribution in [0, 0.1) is 34.5 Å². The molecule has 2 unspecified atom stereocenters. The zero-order valence-electron chi connectivity index (χ0n) is 14.0. The van der Waals surface area contributed by atoms with Crippen molar-refractivity contribution < 1.29 is 14.3 Å². The normalized spacial score (nSPS) is 23.0. The maximum atomic E-state index is 13.1. The summed E-state index contributed by atoms with van der Waals surface area (Å²) >= 11 is 0. The smallest absolute Gasteiger partial charge is 0.227 e. The lowest BCUT2D eigenvalue weighted by Crippen LogP contribution is -2.53. The number of para-hydroxylation sites is 1. The first-order chi connectivity index (χ1) is 11.6. The SMILES string of the molecule is C=CC(C#CCCCC)C1(C#N)C(=O)c2ccccc2O[C@@H]1OC. The molecule has 0 bridgehead atoms. The molecule has 0 radical (unpaired) electrons. The lowest BCUT2D eigenvalue weighted by atomic mass is 9.69. The van der Waals surface area contributed by atoms with Crippen LogP contribution >= 0.6 is 0 Å². The molecule has 1 aliphatic rings. The topological polar surface area (TPSA) is 59.3 Å². The van der Waals surface area contributed by atoms with Crippen LogP contribution in [0.25, 0.3) is 0 Å². The number of rotatable bonds is 5. The van der Waals surface area contributed by atoms with E-state index in [0.717, 1.165) is 12.8 Å². The maximum absolute atomic E-state index is 13.1. The fraction of sp³-hybridized carbons (Fsp3) is 0.400. The maximum Gasteiger partial charge on any atom is 0.227 e. The van der Waals surface area contributed by atoms with Crippen LogP contribution in [-0.2, 0) is 4.74 Å². The van der Waals surface area contributed by atoms with Gasteiger partial charge in [0, 0.05) is 13.5 Å². The summed E-state index contributed by atoms with van der Waals surface area (Å²) in [6, 6.07) is 8.98. The summed E-state index contributed by atoms with van der Waals surface area (Å²) in [7, 11) is 1.42. The number of nitriles is 1. The van der Waals surface area contributed by atoms with Crippen molar-refractivity contribution in [3.8, 4) is 23.7 Å². The number of nitrogens with zero attached hydrogens (tertiary/aromatic N) is 1. The first-order valence-corrected chi connectivity index (χ1v) is 8.01. The Hall–Kier alpha value is -2.56. The van der Waals surface area contributed by atoms with Crippen molar-refractivity contribution in [2.45, 2.75) is 32.5 Å². The molecule has 1 heterocycles. The Morgan fingerprint density at radius 2 is 2.25 bits per heavy atom. The molecule has 0 aliphatic carbocycles. The van der Waals surface area contributed by atoms with E-state index in [1.165, 1.54) is 13.2 Å². The summed E-state index contributed by atoms with van der Waals surface area (Å²) in [5.74, 6) is 5.47. The van der Waals surface area contributed by atoms with E-state index < -0.39 is 17.6 Å². The first kappa shape index (κ1) is 17.8. The number of Topliss-reactive ketones (excluding diaryl/α,β-unsaturated/α-hetero) is 1. The molecular formula is C20H21NO3. The van der Waals surface area contributed by atoms with E-state index in [1.807, 2.05) is 0 Å². The summed E-state index contributed by atoms with van der Waals surface area (Å²) in [4.78, 5) is 13.1. The quantitative estimate of drug-likeness (QED) is 0.470. The molecule has 0 saturated carbocycles. The van der Waals surface area contributed by atoms with E-state index >= 15 is 0 Å². The monoisotopic (exact) mass is 323 g/mol. The van der Waals surface area contributed by atoms with Gasteiger partial charge < -0.3 is 9.47 Å². The van der Waals surface area contributed by atoms with Crippen LogP contribution in [0.2, 0.25) is 0 Å². The summed E-state index contributed by atoms with van der Waals surface area (Å²) in [5, 5.41) is 9.90. The Morgan fingerprint density at radius 1 is 1.50 bits per heavy atom. The third kappa shape index (κ3) is 2.94. The molecular weight excluding hydrogens is 302 g/mol. The van der Waals surface area contributed by atoms with Gasteiger partial charge in [-0.3, -0.25) is 4.79 Å². The van der Waals surface area contributed by atoms with Crippen LogP contribution in [0.15, 0.2) is 36.9 Å². The Bertz CT molecular complexity index is 722. The molecule has 4 heteroatoms. The van der Waals surface area contributed by atoms with E-state index in [9.17, 15) is 10.1 Å². The van der Waals surface area contributed by atoms with E-state index in [1.54, 1.807) is 24.3 Å². The van der Waals surface area contributed by atoms with Crippen molar-refractivity contribution in [1.29, 1.82) is 5.26 Å². The molecule has 2 rings (SSSR count). The zero-order valence-corrected chi connectivity index (χ0v) is 14.0. The molecule has 1 aliphatic heterocycles. The highest BCUT2D eigenvalue weighted by Crippen LogP contribution is 2.44. The van der Waals surface area contributed by atoms with E-state index in [4.69, 9.17) is 9.47 Å². The molecule has 0 saturated heterocycles. The van der Waals surface area contributed by atoms with E-state index in [-0.39, 0.29) is 5.78 Å². The Labute approximate surface area is 143 Å². The second-order valence-corrected chi connectivity index (χ2v) is 5.63. The minimum Gasteiger partial charge on any atom is -0.462 e. The number of unbranched alkanes of at least 4 members (excludes halogenated alkanes) is 2. The highest BCUT2D eigenvalue weighted by Gasteiger charge is 2.57. The van der Waals surface area contributed by atoms with Gasteiger partial charge in [-0.15, -0.1) is 12.5 Å². The molecule has 1 aromatic carbocycles. The second-order valence-electron chi connectivity index (χ2n) is 5.63. The third-order valence-electron chi connectivity index (χ3n) is 4.15. The number of allylic oxidation sites excluding steroid dienone is 1. The summed E-state index contributed by atoms with van der Waals surface area (Å²) in [6.07, 6.45) is 3.22. The Morgan fingerprint density at radius 3 is 2.88 bits per heavy atom. The molecule has 0 fully saturated rings. The van der Waals surface area contributed by atoms with Crippen molar-refractivity contribution in [3.05, 3.63) is 42.5 Å². The summed E-state index contributed by atoms with van der Waals surface area (Å²) in [6.45, 7) is 5.85. The number of hydrogen-bond donors (Lipinski definition) is 0. The average molecular weight is 323 g/mol. The van der Waals surface area contributed by atoms with Crippen molar-refractivity contribution in [3.63, 3.8) is 0 Å². The molecule has 0 N–H and O–H groups in total. The fourth-order valence-corrected chi connectivity index (χ4v) is 2.80. The van der Waals surface area contributed by atoms with E-state index in [0.29, 0.717) is 17.7 Å². The predicted molar refractivity (Wildman–Crippen MR) is 91.2 cm³/mol. The highest BCUT2D eigenvalue weighted by atomic mass is 16.7. The lowest BCUT2D eigenvalue weighted by molar-refractivity contribution is -0.117. The van der Waals surface area contributed by atoms with Crippen LogP contribution in [0.5, 0.6) is 5.75 Å². The average Bonchev–Trinajstić information content (AvgIpc) is 2.62. The first-order valence-electron chi connectivity index (χ1n) is 8.01. The van der Waals surface area contributed by atoms with Gasteiger partial charge in [0.25, 0.3) is 0 Å². The van der Waals surface area contributed by atoms with Gasteiger partial charge >= 0.3 is 0 Å². The molecule has 0 amide bonds. The molecule has 4 nitrogen and oxygen atoms in total. The van der Waals surface area contributed by atoms with Crippen molar-refractivity contribution >= 4 is 5.78 Å². The zero-order chi connectivity index (χ0) is 17.6. The van der Waals surface area contributed by atoms with Gasteiger partial charge in [0.2, 0.25) is 6.29 Å². The number of ketones is 1. The Kier molecular flexibility index (Phi) is 5.79. The van der Waals surface area contributed by atoms with Crippen LogP contribution in [0.1, 0.15) is 36.5 Å². The fourth-order valence-electron chi connectivity index (χ4n) is 2.80. The van der Waals surface area contributed by atoms with Gasteiger partial charge in [0.15, 0.2) is 11.2 Å². The van der Waals surface area contributed by atoms with Gasteiger partial charge in [-0.05, 0) is 18.6 Å². The predicted octanol–water partition coefficient (Wildman–Crippen LogP) is 3.74. The van der Waals surface area contributed by atoms with Crippen LogP contribution < -0.4 is 4.74 Å². The van der Waals surface area contributed by atoms with Gasteiger partial charge in [-0.1, -0.05) is 37.5 Å². The van der Waals surface area contributed by atoms with Gasteiger partial charge in [0.1, 0.15) is 5.75 Å². The van der Waals surface area contributed by atoms with Gasteiger partial charge in [0.05, 0.1) is 17.6 Å². The summed E-state index contributed by atoms with van der Waals surface area (Å²) < 4.78 is 11.1. The molecule has 1 aromatic rings. The largest absolute Gasteiger partial charge is 0.462 e. The Balaban J connectivity index is 2.51. The van der Waals surface area contributed by atoms with Crippen molar-refractivity contribution in [1.82, 2.24) is 0 Å². The molecule has 124 valence electrons. The number of methoxy groups -OCH3 is 1. The number of ether oxygens (including phenoxy) is 2. The van der Waals surface area contributed by atoms with Gasteiger partial charge in [-0.2, -0.15) is 5.26 Å². The van der Waals surface area contributed by atoms with Crippen LogP contribution in [-0.4, -0.2) is 19.2 Å². The number of carbonyl (C=O) groups excluding carboxylic acids is 1. The number of carbonyl (C=O) groups is 1. The molecule has 0 spiro atoms. The number of benzene rings is 1. The highest BCUT2D eigenvalue weighted by molar-refractivity contribution is 6.06. The van der Waals surface area contributed by atoms with Gasteiger partial charge in [-0.25, -0.2) is 0 Å². The molecule has 24 heavy (non-hydrogen) atoms. The second kappa shape index (κ2) is 7.81. The van der Waals surface area contributed by atoms with Crippen LogP contribution in [0.3, 0.4) is 0 Å².